The molecule has 1 heterocycles. The van der Waals surface area contributed by atoms with Crippen LogP contribution >= 0.6 is 11.6 Å². The van der Waals surface area contributed by atoms with Gasteiger partial charge >= 0.3 is 11.9 Å². The van der Waals surface area contributed by atoms with Gasteiger partial charge in [0.05, 0.1) is 0 Å². The van der Waals surface area contributed by atoms with Gasteiger partial charge in [0.15, 0.2) is 5.92 Å². The third-order valence-corrected chi connectivity index (χ3v) is 4.65. The van der Waals surface area contributed by atoms with Crippen LogP contribution < -0.4 is 0 Å². The maximum atomic E-state index is 13.9. The van der Waals surface area contributed by atoms with Gasteiger partial charge < -0.3 is 9.47 Å². The second-order valence-electron chi connectivity index (χ2n) is 7.01. The largest absolute Gasteiger partial charge is 0.422 e. The van der Waals surface area contributed by atoms with Gasteiger partial charge in [-0.1, -0.05) is 35.9 Å². The number of benzene rings is 2. The lowest BCUT2D eigenvalue weighted by Crippen LogP contribution is -2.46. The van der Waals surface area contributed by atoms with Crippen LogP contribution in [0.4, 0.5) is 4.39 Å². The van der Waals surface area contributed by atoms with E-state index in [0.29, 0.717) is 29.8 Å². The van der Waals surface area contributed by atoms with Crippen molar-refractivity contribution in [3.05, 3.63) is 58.9 Å². The van der Waals surface area contributed by atoms with Crippen LogP contribution in [0.25, 0.3) is 11.1 Å². The molecular weight excluding hydrogens is 371 g/mol. The Bertz CT molecular complexity index is 841. The lowest BCUT2D eigenvalue weighted by Gasteiger charge is -2.32. The fourth-order valence-corrected chi connectivity index (χ4v) is 3.23. The molecule has 0 atom stereocenters. The first-order chi connectivity index (χ1) is 12.7. The maximum Gasteiger partial charge on any atom is 0.323 e. The van der Waals surface area contributed by atoms with Crippen LogP contribution in [0.3, 0.4) is 0 Å². The van der Waals surface area contributed by atoms with Crippen molar-refractivity contribution in [3.63, 3.8) is 0 Å². The van der Waals surface area contributed by atoms with Gasteiger partial charge in [-0.05, 0) is 48.6 Å². The number of carbonyl (C=O) groups is 2. The lowest BCUT2D eigenvalue weighted by atomic mass is 9.97. The Balaban J connectivity index is 1.59. The van der Waals surface area contributed by atoms with Gasteiger partial charge in [-0.25, -0.2) is 4.39 Å². The number of hydrogen-bond acceptors (Lipinski definition) is 4. The van der Waals surface area contributed by atoms with Crippen LogP contribution in [0.15, 0.2) is 42.5 Å². The number of carbonyl (C=O) groups excluding carboxylic acids is 2. The van der Waals surface area contributed by atoms with Gasteiger partial charge in [0.25, 0.3) is 5.79 Å². The molecule has 0 amide bonds. The minimum Gasteiger partial charge on any atom is -0.422 e. The van der Waals surface area contributed by atoms with Gasteiger partial charge in [-0.2, -0.15) is 0 Å². The summed E-state index contributed by atoms with van der Waals surface area (Å²) in [6.07, 6.45) is 1.66. The Morgan fingerprint density at radius 3 is 2.30 bits per heavy atom. The lowest BCUT2D eigenvalue weighted by molar-refractivity contribution is -0.240. The van der Waals surface area contributed by atoms with E-state index < -0.39 is 23.6 Å². The quantitative estimate of drug-likeness (QED) is 0.537. The normalized spacial score (nSPS) is 16.7. The maximum absolute atomic E-state index is 13.9. The second kappa shape index (κ2) is 7.69. The van der Waals surface area contributed by atoms with E-state index in [4.69, 9.17) is 21.1 Å². The highest BCUT2D eigenvalue weighted by atomic mass is 35.5. The van der Waals surface area contributed by atoms with Crippen LogP contribution in [0, 0.1) is 11.7 Å². The molecule has 2 aromatic rings. The molecule has 2 aromatic carbocycles. The average molecular weight is 391 g/mol. The average Bonchev–Trinajstić information content (AvgIpc) is 2.59. The molecule has 0 bridgehead atoms. The number of rotatable bonds is 5. The summed E-state index contributed by atoms with van der Waals surface area (Å²) in [7, 11) is 0. The van der Waals surface area contributed by atoms with E-state index in [2.05, 4.69) is 0 Å². The van der Waals surface area contributed by atoms with E-state index in [1.54, 1.807) is 6.07 Å². The molecule has 0 saturated carbocycles. The number of ether oxygens (including phenoxy) is 2. The van der Waals surface area contributed by atoms with Crippen molar-refractivity contribution in [1.82, 2.24) is 0 Å². The van der Waals surface area contributed by atoms with Crippen LogP contribution in [-0.4, -0.2) is 17.7 Å². The van der Waals surface area contributed by atoms with Gasteiger partial charge in [-0.3, -0.25) is 9.59 Å². The molecule has 142 valence electrons. The molecule has 1 aliphatic rings. The summed E-state index contributed by atoms with van der Waals surface area (Å²) in [6, 6.07) is 11.9. The van der Waals surface area contributed by atoms with E-state index in [1.807, 2.05) is 24.3 Å². The zero-order valence-corrected chi connectivity index (χ0v) is 15.9. The summed E-state index contributed by atoms with van der Waals surface area (Å²) in [5.74, 6) is -3.48. The first-order valence-corrected chi connectivity index (χ1v) is 9.13. The third-order valence-electron chi connectivity index (χ3n) is 4.41. The summed E-state index contributed by atoms with van der Waals surface area (Å²) in [6.45, 7) is 3.06. The van der Waals surface area contributed by atoms with Crippen LogP contribution in [0.2, 0.25) is 5.02 Å². The first kappa shape index (κ1) is 19.4. The van der Waals surface area contributed by atoms with E-state index in [9.17, 15) is 14.0 Å². The van der Waals surface area contributed by atoms with Crippen molar-refractivity contribution in [3.8, 4) is 11.1 Å². The molecule has 3 rings (SSSR count). The molecule has 0 N–H and O–H groups in total. The molecule has 4 nitrogen and oxygen atoms in total. The number of esters is 2. The Kier molecular flexibility index (Phi) is 5.51. The smallest absolute Gasteiger partial charge is 0.323 e. The number of hydrogen-bond donors (Lipinski definition) is 0. The minimum atomic E-state index is -1.20. The van der Waals surface area contributed by atoms with Crippen LogP contribution in [-0.2, 0) is 25.5 Å². The number of cyclic esters (lactones) is 2. The van der Waals surface area contributed by atoms with Gasteiger partial charge in [0, 0.05) is 24.4 Å². The van der Waals surface area contributed by atoms with E-state index in [-0.39, 0.29) is 5.82 Å². The molecule has 1 fully saturated rings. The van der Waals surface area contributed by atoms with Gasteiger partial charge in [-0.15, -0.1) is 0 Å². The van der Waals surface area contributed by atoms with E-state index in [0.717, 1.165) is 11.1 Å². The summed E-state index contributed by atoms with van der Waals surface area (Å²) < 4.78 is 24.2. The minimum absolute atomic E-state index is 0.329. The van der Waals surface area contributed by atoms with Crippen LogP contribution in [0.1, 0.15) is 32.3 Å². The zero-order chi connectivity index (χ0) is 19.6. The zero-order valence-electron chi connectivity index (χ0n) is 15.1. The fourth-order valence-electron chi connectivity index (χ4n) is 3.06. The molecule has 1 aliphatic heterocycles. The second-order valence-corrected chi connectivity index (χ2v) is 7.44. The molecule has 0 unspecified atom stereocenters. The molecular formula is C21H20ClFO4. The Labute approximate surface area is 162 Å². The number of halogens is 2. The highest BCUT2D eigenvalue weighted by molar-refractivity contribution is 6.30. The van der Waals surface area contributed by atoms with Crippen molar-refractivity contribution >= 4 is 23.5 Å². The molecule has 0 aromatic heterocycles. The summed E-state index contributed by atoms with van der Waals surface area (Å²) in [5.41, 5.74) is 2.21. The molecule has 6 heteroatoms. The first-order valence-electron chi connectivity index (χ1n) is 8.75. The molecule has 0 spiro atoms. The summed E-state index contributed by atoms with van der Waals surface area (Å²) in [4.78, 5) is 23.9. The molecule has 0 radical (unpaired) electrons. The molecule has 27 heavy (non-hydrogen) atoms. The predicted molar refractivity (Wildman–Crippen MR) is 99.5 cm³/mol. The van der Waals surface area contributed by atoms with Crippen molar-refractivity contribution < 1.29 is 23.5 Å². The van der Waals surface area contributed by atoms with Crippen molar-refractivity contribution in [2.24, 2.45) is 5.92 Å². The fraction of sp³-hybridized carbons (Fsp3) is 0.333. The summed E-state index contributed by atoms with van der Waals surface area (Å²) in [5, 5.41) is 0.477. The topological polar surface area (TPSA) is 52.6 Å². The standard InChI is InChI=1S/C21H20ClFO4/c1-21(2)26-19(24)16(20(25)27-21)5-3-4-13-6-8-14(9-7-13)17-12-15(22)10-11-18(17)23/h6-12,16H,3-5H2,1-2H3. The van der Waals surface area contributed by atoms with Crippen molar-refractivity contribution in [2.75, 3.05) is 0 Å². The molecule has 1 saturated heterocycles. The van der Waals surface area contributed by atoms with Crippen molar-refractivity contribution in [2.45, 2.75) is 38.9 Å². The van der Waals surface area contributed by atoms with Gasteiger partial charge in [0.1, 0.15) is 5.82 Å². The summed E-state index contributed by atoms with van der Waals surface area (Å²) >= 11 is 5.94. The van der Waals surface area contributed by atoms with Crippen molar-refractivity contribution in [1.29, 1.82) is 0 Å². The highest BCUT2D eigenvalue weighted by Gasteiger charge is 2.42. The third kappa shape index (κ3) is 4.66. The molecule has 0 aliphatic carbocycles. The predicted octanol–water partition coefficient (Wildman–Crippen LogP) is 4.92. The Morgan fingerprint density at radius 1 is 1.04 bits per heavy atom. The number of aryl methyl sites for hydroxylation is 1. The van der Waals surface area contributed by atoms with E-state index in [1.165, 1.54) is 26.0 Å². The Morgan fingerprint density at radius 2 is 1.67 bits per heavy atom. The highest BCUT2D eigenvalue weighted by Crippen LogP contribution is 2.28. The SMILES string of the molecule is CC1(C)OC(=O)C(CCCc2ccc(-c3cc(Cl)ccc3F)cc2)C(=O)O1. The van der Waals surface area contributed by atoms with E-state index >= 15 is 0 Å². The monoisotopic (exact) mass is 390 g/mol. The Hall–Kier alpha value is -2.40. The van der Waals surface area contributed by atoms with Crippen LogP contribution in [0.5, 0.6) is 0 Å². The van der Waals surface area contributed by atoms with Gasteiger partial charge in [0.2, 0.25) is 0 Å².